The summed E-state index contributed by atoms with van der Waals surface area (Å²) in [7, 11) is 4.74. The lowest BCUT2D eigenvalue weighted by atomic mass is 9.97. The molecule has 1 saturated heterocycles. The van der Waals surface area contributed by atoms with Crippen LogP contribution in [0.4, 0.5) is 4.39 Å². The molecule has 0 N–H and O–H groups in total. The number of nitrogens with zero attached hydrogens (tertiary/aromatic N) is 2. The van der Waals surface area contributed by atoms with Crippen LogP contribution in [-0.4, -0.2) is 48.7 Å². The zero-order chi connectivity index (χ0) is 18.1. The maximum absolute atomic E-state index is 14.1. The number of benzene rings is 1. The number of allylic oxidation sites excluding steroid dienone is 3. The molecule has 1 aromatic carbocycles. The first-order valence-corrected chi connectivity index (χ1v) is 10.3. The Morgan fingerprint density at radius 3 is 2.50 bits per heavy atom. The third-order valence-electron chi connectivity index (χ3n) is 6.76. The molecule has 26 heavy (non-hydrogen) atoms. The molecule has 0 saturated carbocycles. The zero-order valence-electron chi connectivity index (χ0n) is 16.3. The fraction of sp³-hybridized carbons (Fsp3) is 0.565. The molecule has 1 heterocycles. The van der Waals surface area contributed by atoms with Gasteiger partial charge in [-0.05, 0) is 49.3 Å². The fourth-order valence-electron chi connectivity index (χ4n) is 5.04. The average molecular weight is 356 g/mol. The van der Waals surface area contributed by atoms with E-state index in [4.69, 9.17) is 0 Å². The lowest BCUT2D eigenvalue weighted by Crippen LogP contribution is -2.57. The molecule has 2 aliphatic carbocycles. The summed E-state index contributed by atoms with van der Waals surface area (Å²) in [6, 6.07) is 9.91. The summed E-state index contributed by atoms with van der Waals surface area (Å²) in [4.78, 5) is 2.55. The highest BCUT2D eigenvalue weighted by atomic mass is 19.1. The third kappa shape index (κ3) is 3.59. The van der Waals surface area contributed by atoms with E-state index in [1.54, 1.807) is 6.08 Å². The summed E-state index contributed by atoms with van der Waals surface area (Å²) in [6.07, 6.45) is 11.6. The minimum absolute atomic E-state index is 0.0420. The van der Waals surface area contributed by atoms with Gasteiger partial charge >= 0.3 is 0 Å². The van der Waals surface area contributed by atoms with E-state index in [1.807, 2.05) is 0 Å². The van der Waals surface area contributed by atoms with Crippen molar-refractivity contribution >= 4 is 0 Å². The first kappa shape index (κ1) is 17.8. The lowest BCUT2D eigenvalue weighted by molar-refractivity contribution is -0.919. The van der Waals surface area contributed by atoms with Crippen LogP contribution in [0.15, 0.2) is 47.9 Å². The van der Waals surface area contributed by atoms with Crippen LogP contribution >= 0.6 is 0 Å². The van der Waals surface area contributed by atoms with Crippen LogP contribution < -0.4 is 0 Å². The smallest absolute Gasteiger partial charge is 0.106 e. The number of hydrogen-bond acceptors (Lipinski definition) is 1. The van der Waals surface area contributed by atoms with Crippen LogP contribution in [0.25, 0.3) is 0 Å². The van der Waals surface area contributed by atoms with Crippen LogP contribution in [0.2, 0.25) is 0 Å². The molecule has 0 spiro atoms. The number of likely N-dealkylation sites (N-methyl/N-ethyl adjacent to an activating group) is 1. The summed E-state index contributed by atoms with van der Waals surface area (Å²) in [6.45, 7) is 2.30. The van der Waals surface area contributed by atoms with E-state index in [9.17, 15) is 4.39 Å². The second-order valence-corrected chi connectivity index (χ2v) is 8.89. The fourth-order valence-corrected chi connectivity index (χ4v) is 5.04. The number of fused-ring (bicyclic) bond motifs is 1. The number of piperidine rings is 1. The van der Waals surface area contributed by atoms with Crippen molar-refractivity contribution < 1.29 is 8.87 Å². The highest BCUT2D eigenvalue weighted by Gasteiger charge is 2.36. The first-order chi connectivity index (χ1) is 12.5. The number of hydrogen-bond donors (Lipinski definition) is 0. The summed E-state index contributed by atoms with van der Waals surface area (Å²) in [5, 5.41) is 0. The van der Waals surface area contributed by atoms with E-state index in [0.29, 0.717) is 18.5 Å². The molecule has 3 heteroatoms. The highest BCUT2D eigenvalue weighted by molar-refractivity contribution is 5.35. The van der Waals surface area contributed by atoms with Gasteiger partial charge in [0.25, 0.3) is 0 Å². The maximum Gasteiger partial charge on any atom is 0.106 e. The molecule has 2 nitrogen and oxygen atoms in total. The third-order valence-corrected chi connectivity index (χ3v) is 6.76. The maximum atomic E-state index is 14.1. The van der Waals surface area contributed by atoms with Gasteiger partial charge in [0.1, 0.15) is 11.9 Å². The molecule has 1 atom stereocenters. The molecule has 0 amide bonds. The largest absolute Gasteiger partial charge is 0.362 e. The predicted octanol–water partition coefficient (Wildman–Crippen LogP) is 4.62. The summed E-state index contributed by atoms with van der Waals surface area (Å²) in [5.41, 5.74) is 4.07. The topological polar surface area (TPSA) is 3.24 Å². The Balaban J connectivity index is 1.59. The van der Waals surface area contributed by atoms with E-state index in [0.717, 1.165) is 36.0 Å². The van der Waals surface area contributed by atoms with E-state index < -0.39 is 0 Å². The van der Waals surface area contributed by atoms with Gasteiger partial charge in [-0.1, -0.05) is 30.3 Å². The molecule has 4 rings (SSSR count). The monoisotopic (exact) mass is 355 g/mol. The summed E-state index contributed by atoms with van der Waals surface area (Å²) >= 11 is 0. The van der Waals surface area contributed by atoms with E-state index in [-0.39, 0.29) is 5.83 Å². The van der Waals surface area contributed by atoms with Gasteiger partial charge in [0.15, 0.2) is 0 Å². The average Bonchev–Trinajstić information content (AvgIpc) is 3.04. The Kier molecular flexibility index (Phi) is 4.92. The Labute approximate surface area is 157 Å². The normalized spacial score (nSPS) is 25.4. The lowest BCUT2D eigenvalue weighted by Gasteiger charge is -2.45. The SMILES string of the molecule is C[N+]1(C)CCCCC1CN(C1=CCCC(F)=C1)C1Cc2ccccc2C1. The minimum Gasteiger partial charge on any atom is -0.362 e. The van der Waals surface area contributed by atoms with Gasteiger partial charge < -0.3 is 9.38 Å². The van der Waals surface area contributed by atoms with E-state index in [2.05, 4.69) is 49.3 Å². The van der Waals surface area contributed by atoms with Crippen molar-refractivity contribution in [2.24, 2.45) is 0 Å². The second-order valence-electron chi connectivity index (χ2n) is 8.89. The Morgan fingerprint density at radius 1 is 1.12 bits per heavy atom. The van der Waals surface area contributed by atoms with Crippen molar-refractivity contribution in [1.82, 2.24) is 4.90 Å². The predicted molar refractivity (Wildman–Crippen MR) is 105 cm³/mol. The minimum atomic E-state index is 0.0420. The molecule has 1 aromatic rings. The van der Waals surface area contributed by atoms with Gasteiger partial charge in [0, 0.05) is 24.6 Å². The number of halogens is 1. The molecular formula is C23H32FN2+. The van der Waals surface area contributed by atoms with Gasteiger partial charge in [-0.2, -0.15) is 0 Å². The Hall–Kier alpha value is -1.61. The number of likely N-dealkylation sites (tertiary alicyclic amines) is 1. The van der Waals surface area contributed by atoms with Crippen molar-refractivity contribution in [1.29, 1.82) is 0 Å². The molecule has 1 aliphatic heterocycles. The van der Waals surface area contributed by atoms with Crippen LogP contribution in [0.1, 0.15) is 43.2 Å². The molecule has 3 aliphatic rings. The molecule has 1 fully saturated rings. The Bertz CT molecular complexity index is 694. The van der Waals surface area contributed by atoms with Gasteiger partial charge in [-0.15, -0.1) is 0 Å². The van der Waals surface area contributed by atoms with Crippen molar-refractivity contribution in [2.45, 2.75) is 57.0 Å². The second kappa shape index (κ2) is 7.19. The van der Waals surface area contributed by atoms with E-state index >= 15 is 0 Å². The number of rotatable bonds is 4. The molecule has 0 aromatic heterocycles. The van der Waals surface area contributed by atoms with Gasteiger partial charge in [0.2, 0.25) is 0 Å². The Morgan fingerprint density at radius 2 is 1.85 bits per heavy atom. The summed E-state index contributed by atoms with van der Waals surface area (Å²) in [5.74, 6) is 0.0420. The van der Waals surface area contributed by atoms with E-state index in [1.165, 1.54) is 36.9 Å². The molecule has 140 valence electrons. The van der Waals surface area contributed by atoms with Crippen LogP contribution in [0.3, 0.4) is 0 Å². The standard InChI is InChI=1S/C23H32FN2/c1-26(2)13-6-5-12-23(26)17-25(21-11-7-10-20(24)16-21)22-14-18-8-3-4-9-19(18)15-22/h3-4,8-9,11,16,22-23H,5-7,10,12-15,17H2,1-2H3/q+1. The molecule has 0 bridgehead atoms. The van der Waals surface area contributed by atoms with Gasteiger partial charge in [-0.25, -0.2) is 4.39 Å². The molecule has 1 unspecified atom stereocenters. The summed E-state index contributed by atoms with van der Waals surface area (Å²) < 4.78 is 15.2. The molecule has 0 radical (unpaired) electrons. The van der Waals surface area contributed by atoms with Gasteiger partial charge in [-0.3, -0.25) is 0 Å². The van der Waals surface area contributed by atoms with Crippen LogP contribution in [-0.2, 0) is 12.8 Å². The van der Waals surface area contributed by atoms with Crippen LogP contribution in [0, 0.1) is 0 Å². The van der Waals surface area contributed by atoms with Crippen molar-refractivity contribution in [3.63, 3.8) is 0 Å². The van der Waals surface area contributed by atoms with Crippen molar-refractivity contribution in [2.75, 3.05) is 27.2 Å². The number of quaternary nitrogens is 1. The highest BCUT2D eigenvalue weighted by Crippen LogP contribution is 2.32. The van der Waals surface area contributed by atoms with Crippen LogP contribution in [0.5, 0.6) is 0 Å². The van der Waals surface area contributed by atoms with Gasteiger partial charge in [0.05, 0.1) is 27.2 Å². The van der Waals surface area contributed by atoms with Crippen molar-refractivity contribution in [3.8, 4) is 0 Å². The molecular weight excluding hydrogens is 323 g/mol. The zero-order valence-corrected chi connectivity index (χ0v) is 16.3. The quantitative estimate of drug-likeness (QED) is 0.713. The first-order valence-electron chi connectivity index (χ1n) is 10.3. The van der Waals surface area contributed by atoms with Crippen molar-refractivity contribution in [3.05, 3.63) is 59.1 Å².